The Labute approximate surface area is 146 Å². The number of nitrogens with one attached hydrogen (secondary N) is 1. The van der Waals surface area contributed by atoms with Crippen LogP contribution < -0.4 is 5.32 Å². The molecule has 118 valence electrons. The first-order valence-electron chi connectivity index (χ1n) is 6.37. The second kappa shape index (κ2) is 7.97. The third kappa shape index (κ3) is 4.70. The minimum Gasteiger partial charge on any atom is -0.455 e. The number of nitriles is 1. The molecular weight excluding hydrogens is 359 g/mol. The lowest BCUT2D eigenvalue weighted by Gasteiger charge is -2.08. The highest BCUT2D eigenvalue weighted by atomic mass is 35.5. The first-order valence-corrected chi connectivity index (χ1v) is 8.00. The lowest BCUT2D eigenvalue weighted by molar-refractivity contribution is -0.146. The molecule has 0 aliphatic rings. The molecule has 0 spiro atoms. The third-order valence-electron chi connectivity index (χ3n) is 2.79. The van der Waals surface area contributed by atoms with Crippen LogP contribution in [-0.4, -0.2) is 18.5 Å². The van der Waals surface area contributed by atoms with Gasteiger partial charge in [0.25, 0.3) is 5.91 Å². The number of hydrogen-bond acceptors (Lipinski definition) is 5. The van der Waals surface area contributed by atoms with Crippen LogP contribution >= 0.6 is 34.5 Å². The predicted molar refractivity (Wildman–Crippen MR) is 88.8 cm³/mol. The van der Waals surface area contributed by atoms with Crippen molar-refractivity contribution < 1.29 is 14.3 Å². The molecule has 0 saturated heterocycles. The third-order valence-corrected chi connectivity index (χ3v) is 4.32. The van der Waals surface area contributed by atoms with E-state index in [1.807, 2.05) is 6.07 Å². The van der Waals surface area contributed by atoms with Crippen LogP contribution in [0.15, 0.2) is 29.6 Å². The van der Waals surface area contributed by atoms with Gasteiger partial charge in [0.1, 0.15) is 11.1 Å². The molecule has 0 saturated carbocycles. The molecule has 0 unspecified atom stereocenters. The number of esters is 1. The van der Waals surface area contributed by atoms with E-state index in [4.69, 9.17) is 33.2 Å². The average molecular weight is 369 g/mol. The molecular formula is C15H10Cl2N2O3S. The highest BCUT2D eigenvalue weighted by Crippen LogP contribution is 2.25. The van der Waals surface area contributed by atoms with E-state index in [0.717, 1.165) is 0 Å². The van der Waals surface area contributed by atoms with Crippen LogP contribution in [0, 0.1) is 11.3 Å². The standard InChI is InChI=1S/C15H10Cl2N2O3S/c16-11-2-1-3-12(17)10(11)6-14(21)22-8-13(20)19-15-9(7-18)4-5-23-15/h1-5H,6,8H2,(H,19,20). The van der Waals surface area contributed by atoms with Crippen LogP contribution in [0.5, 0.6) is 0 Å². The number of anilines is 1. The van der Waals surface area contributed by atoms with Gasteiger partial charge in [0.15, 0.2) is 6.61 Å². The SMILES string of the molecule is N#Cc1ccsc1NC(=O)COC(=O)Cc1c(Cl)cccc1Cl. The Morgan fingerprint density at radius 2 is 1.96 bits per heavy atom. The molecule has 2 aromatic rings. The van der Waals surface area contributed by atoms with Crippen molar-refractivity contribution in [3.63, 3.8) is 0 Å². The summed E-state index contributed by atoms with van der Waals surface area (Å²) in [6.45, 7) is -0.455. The summed E-state index contributed by atoms with van der Waals surface area (Å²) in [5.41, 5.74) is 0.809. The summed E-state index contributed by atoms with van der Waals surface area (Å²) in [4.78, 5) is 23.5. The number of ether oxygens (including phenoxy) is 1. The van der Waals surface area contributed by atoms with Gasteiger partial charge in [-0.3, -0.25) is 9.59 Å². The van der Waals surface area contributed by atoms with Gasteiger partial charge in [-0.1, -0.05) is 29.3 Å². The van der Waals surface area contributed by atoms with Crippen molar-refractivity contribution in [3.8, 4) is 6.07 Å². The first-order chi connectivity index (χ1) is 11.0. The number of rotatable bonds is 5. The van der Waals surface area contributed by atoms with Gasteiger partial charge in [-0.2, -0.15) is 5.26 Å². The maximum Gasteiger partial charge on any atom is 0.310 e. The smallest absolute Gasteiger partial charge is 0.310 e. The number of benzene rings is 1. The zero-order chi connectivity index (χ0) is 16.8. The Balaban J connectivity index is 1.87. The first kappa shape index (κ1) is 17.3. The topological polar surface area (TPSA) is 79.2 Å². The van der Waals surface area contributed by atoms with Crippen LogP contribution in [0.2, 0.25) is 10.0 Å². The van der Waals surface area contributed by atoms with E-state index in [0.29, 0.717) is 26.2 Å². The van der Waals surface area contributed by atoms with E-state index in [2.05, 4.69) is 5.32 Å². The quantitative estimate of drug-likeness (QED) is 0.816. The Hall–Kier alpha value is -2.07. The maximum atomic E-state index is 11.8. The van der Waals surface area contributed by atoms with Crippen LogP contribution in [0.1, 0.15) is 11.1 Å². The molecule has 1 heterocycles. The molecule has 0 aliphatic heterocycles. The monoisotopic (exact) mass is 368 g/mol. The van der Waals surface area contributed by atoms with E-state index in [1.54, 1.807) is 29.6 Å². The molecule has 1 aromatic carbocycles. The summed E-state index contributed by atoms with van der Waals surface area (Å²) in [7, 11) is 0. The van der Waals surface area contributed by atoms with Gasteiger partial charge in [-0.15, -0.1) is 11.3 Å². The van der Waals surface area contributed by atoms with Gasteiger partial charge in [0.2, 0.25) is 0 Å². The molecule has 1 amide bonds. The zero-order valence-corrected chi connectivity index (χ0v) is 14.0. The van der Waals surface area contributed by atoms with Gasteiger partial charge >= 0.3 is 5.97 Å². The van der Waals surface area contributed by atoms with Gasteiger partial charge < -0.3 is 10.1 Å². The lowest BCUT2D eigenvalue weighted by Crippen LogP contribution is -2.21. The number of hydrogen-bond donors (Lipinski definition) is 1. The largest absolute Gasteiger partial charge is 0.455 e. The highest BCUT2D eigenvalue weighted by molar-refractivity contribution is 7.14. The number of carbonyl (C=O) groups is 2. The zero-order valence-electron chi connectivity index (χ0n) is 11.6. The number of amides is 1. The van der Waals surface area contributed by atoms with Crippen molar-refractivity contribution in [1.29, 1.82) is 5.26 Å². The number of nitrogens with zero attached hydrogens (tertiary/aromatic N) is 1. The van der Waals surface area contributed by atoms with Crippen LogP contribution in [0.4, 0.5) is 5.00 Å². The number of halogens is 2. The molecule has 0 radical (unpaired) electrons. The molecule has 5 nitrogen and oxygen atoms in total. The minimum atomic E-state index is -0.623. The summed E-state index contributed by atoms with van der Waals surface area (Å²) in [6, 6.07) is 8.43. The Morgan fingerprint density at radius 1 is 1.26 bits per heavy atom. The summed E-state index contributed by atoms with van der Waals surface area (Å²) in [6.07, 6.45) is -0.131. The van der Waals surface area contributed by atoms with Crippen LogP contribution in [0.25, 0.3) is 0 Å². The van der Waals surface area contributed by atoms with Crippen molar-refractivity contribution in [2.45, 2.75) is 6.42 Å². The second-order valence-corrected chi connectivity index (χ2v) is 6.09. The fourth-order valence-electron chi connectivity index (χ4n) is 1.70. The fourth-order valence-corrected chi connectivity index (χ4v) is 2.98. The van der Waals surface area contributed by atoms with Gasteiger partial charge in [-0.25, -0.2) is 0 Å². The van der Waals surface area contributed by atoms with Gasteiger partial charge in [-0.05, 0) is 23.6 Å². The Bertz CT molecular complexity index is 763. The Kier molecular flexibility index (Phi) is 5.99. The molecule has 2 rings (SSSR count). The summed E-state index contributed by atoms with van der Waals surface area (Å²) in [5, 5.41) is 14.2. The van der Waals surface area contributed by atoms with E-state index in [1.165, 1.54) is 11.3 Å². The average Bonchev–Trinajstić information content (AvgIpc) is 2.96. The normalized spacial score (nSPS) is 9.96. The summed E-state index contributed by atoms with van der Waals surface area (Å²) in [5.74, 6) is -1.15. The van der Waals surface area contributed by atoms with Crippen molar-refractivity contribution in [1.82, 2.24) is 0 Å². The molecule has 0 atom stereocenters. The molecule has 0 aliphatic carbocycles. The van der Waals surface area contributed by atoms with E-state index in [9.17, 15) is 9.59 Å². The summed E-state index contributed by atoms with van der Waals surface area (Å²) >= 11 is 13.1. The predicted octanol–water partition coefficient (Wildman–Crippen LogP) is 3.65. The van der Waals surface area contributed by atoms with Gasteiger partial charge in [0.05, 0.1) is 12.0 Å². The van der Waals surface area contributed by atoms with Crippen LogP contribution in [0.3, 0.4) is 0 Å². The van der Waals surface area contributed by atoms with E-state index in [-0.39, 0.29) is 6.42 Å². The highest BCUT2D eigenvalue weighted by Gasteiger charge is 2.14. The molecule has 0 fully saturated rings. The summed E-state index contributed by atoms with van der Waals surface area (Å²) < 4.78 is 4.89. The van der Waals surface area contributed by atoms with E-state index < -0.39 is 18.5 Å². The Morgan fingerprint density at radius 3 is 2.61 bits per heavy atom. The van der Waals surface area contributed by atoms with Crippen LogP contribution in [-0.2, 0) is 20.7 Å². The molecule has 0 bridgehead atoms. The molecule has 1 N–H and O–H groups in total. The lowest BCUT2D eigenvalue weighted by atomic mass is 10.1. The molecule has 8 heteroatoms. The second-order valence-electron chi connectivity index (χ2n) is 4.36. The van der Waals surface area contributed by atoms with Crippen molar-refractivity contribution >= 4 is 51.4 Å². The minimum absolute atomic E-state index is 0.131. The van der Waals surface area contributed by atoms with Crippen molar-refractivity contribution in [2.75, 3.05) is 11.9 Å². The molecule has 23 heavy (non-hydrogen) atoms. The maximum absolute atomic E-state index is 11.8. The number of carbonyl (C=O) groups excluding carboxylic acids is 2. The fraction of sp³-hybridized carbons (Fsp3) is 0.133. The van der Waals surface area contributed by atoms with Crippen molar-refractivity contribution in [3.05, 3.63) is 50.8 Å². The van der Waals surface area contributed by atoms with E-state index >= 15 is 0 Å². The van der Waals surface area contributed by atoms with Crippen molar-refractivity contribution in [2.24, 2.45) is 0 Å². The molecule has 1 aromatic heterocycles. The van der Waals surface area contributed by atoms with Gasteiger partial charge in [0, 0.05) is 15.6 Å². The number of thiophene rings is 1.